The average molecular weight is 360 g/mol. The second kappa shape index (κ2) is 7.77. The van der Waals surface area contributed by atoms with Crippen LogP contribution in [0.25, 0.3) is 0 Å². The van der Waals surface area contributed by atoms with E-state index in [0.29, 0.717) is 6.07 Å². The van der Waals surface area contributed by atoms with Crippen LogP contribution in [0.4, 0.5) is 11.4 Å². The Morgan fingerprint density at radius 1 is 1.17 bits per heavy atom. The van der Waals surface area contributed by atoms with Gasteiger partial charge in [0.05, 0.1) is 21.5 Å². The van der Waals surface area contributed by atoms with Gasteiger partial charge in [0.2, 0.25) is 5.85 Å². The van der Waals surface area contributed by atoms with Crippen LogP contribution < -0.4 is 0 Å². The summed E-state index contributed by atoms with van der Waals surface area (Å²) in [5, 5.41) is 21.6. The monoisotopic (exact) mass is 360 g/mol. The molecule has 0 saturated carbocycles. The second-order valence-corrected chi connectivity index (χ2v) is 6.51. The molecular formula is C12H13N2O9P. The van der Waals surface area contributed by atoms with Gasteiger partial charge in [-0.05, 0) is 6.08 Å². The number of nitrogens with zero attached hydrogens (tertiary/aromatic N) is 2. The van der Waals surface area contributed by atoms with Crippen LogP contribution in [0.15, 0.2) is 30.9 Å². The van der Waals surface area contributed by atoms with Gasteiger partial charge in [0.1, 0.15) is 0 Å². The van der Waals surface area contributed by atoms with Crippen molar-refractivity contribution in [2.75, 3.05) is 14.2 Å². The first kappa shape index (κ1) is 19.4. The van der Waals surface area contributed by atoms with E-state index in [0.717, 1.165) is 32.4 Å². The largest absolute Gasteiger partial charge is 0.441 e. The summed E-state index contributed by atoms with van der Waals surface area (Å²) in [5.41, 5.74) is -1.82. The number of non-ortho nitro benzene ring substituents is 2. The maximum absolute atomic E-state index is 12.2. The summed E-state index contributed by atoms with van der Waals surface area (Å²) < 4.78 is 26.4. The Morgan fingerprint density at radius 2 is 1.62 bits per heavy atom. The van der Waals surface area contributed by atoms with Crippen molar-refractivity contribution in [1.82, 2.24) is 0 Å². The van der Waals surface area contributed by atoms with Crippen LogP contribution in [0.3, 0.4) is 0 Å². The molecule has 0 fully saturated rings. The summed E-state index contributed by atoms with van der Waals surface area (Å²) in [6.45, 7) is 3.34. The van der Waals surface area contributed by atoms with E-state index >= 15 is 0 Å². The zero-order chi connectivity index (χ0) is 18.5. The molecular weight excluding hydrogens is 347 g/mol. The van der Waals surface area contributed by atoms with Crippen LogP contribution >= 0.6 is 7.60 Å². The molecule has 130 valence electrons. The average Bonchev–Trinajstić information content (AvgIpc) is 2.58. The summed E-state index contributed by atoms with van der Waals surface area (Å²) in [5.74, 6) is -2.70. The third-order valence-corrected chi connectivity index (χ3v) is 4.77. The molecule has 0 radical (unpaired) electrons. The van der Waals surface area contributed by atoms with Crippen molar-refractivity contribution < 1.29 is 33.0 Å². The lowest BCUT2D eigenvalue weighted by molar-refractivity contribution is -0.394. The van der Waals surface area contributed by atoms with Crippen molar-refractivity contribution in [3.05, 3.63) is 56.6 Å². The molecule has 1 aromatic rings. The Morgan fingerprint density at radius 3 is 1.96 bits per heavy atom. The van der Waals surface area contributed by atoms with Crippen LogP contribution in [0.2, 0.25) is 0 Å². The number of carbonyl (C=O) groups is 1. The van der Waals surface area contributed by atoms with Gasteiger partial charge >= 0.3 is 13.6 Å². The van der Waals surface area contributed by atoms with Crippen molar-refractivity contribution in [2.45, 2.75) is 5.85 Å². The molecule has 0 spiro atoms. The van der Waals surface area contributed by atoms with Crippen LogP contribution in [0.5, 0.6) is 0 Å². The standard InChI is InChI=1S/C12H13N2O9P/c1-4-11(24(20,21-2)22-3)23-12(15)8-5-9(13(16)17)7-10(6-8)14(18)19/h4-7,11H,1H2,2-3H3. The van der Waals surface area contributed by atoms with Crippen LogP contribution in [-0.4, -0.2) is 35.9 Å². The first-order valence-electron chi connectivity index (χ1n) is 6.17. The maximum atomic E-state index is 12.2. The van der Waals surface area contributed by atoms with Crippen molar-refractivity contribution in [3.8, 4) is 0 Å². The van der Waals surface area contributed by atoms with E-state index in [4.69, 9.17) is 4.74 Å². The number of rotatable bonds is 8. The number of benzene rings is 1. The fraction of sp³-hybridized carbons (Fsp3) is 0.250. The Hall–Kier alpha value is -2.62. The number of carbonyl (C=O) groups excluding carboxylic acids is 1. The van der Waals surface area contributed by atoms with E-state index < -0.39 is 46.2 Å². The van der Waals surface area contributed by atoms with E-state index in [1.807, 2.05) is 0 Å². The Bertz CT molecular complexity index is 693. The summed E-state index contributed by atoms with van der Waals surface area (Å²) >= 11 is 0. The summed E-state index contributed by atoms with van der Waals surface area (Å²) in [6, 6.07) is 2.27. The van der Waals surface area contributed by atoms with Crippen molar-refractivity contribution in [1.29, 1.82) is 0 Å². The zero-order valence-electron chi connectivity index (χ0n) is 12.6. The maximum Gasteiger partial charge on any atom is 0.374 e. The number of esters is 1. The normalized spacial score (nSPS) is 12.2. The molecule has 24 heavy (non-hydrogen) atoms. The molecule has 0 aliphatic carbocycles. The van der Waals surface area contributed by atoms with Gasteiger partial charge in [-0.3, -0.25) is 24.8 Å². The molecule has 1 rings (SSSR count). The number of nitro groups is 2. The third-order valence-electron chi connectivity index (χ3n) is 2.81. The molecule has 0 saturated heterocycles. The van der Waals surface area contributed by atoms with Crippen molar-refractivity contribution in [3.63, 3.8) is 0 Å². The van der Waals surface area contributed by atoms with Gasteiger partial charge in [0, 0.05) is 26.4 Å². The lowest BCUT2D eigenvalue weighted by atomic mass is 10.2. The van der Waals surface area contributed by atoms with Gasteiger partial charge in [-0.15, -0.1) is 0 Å². The highest BCUT2D eigenvalue weighted by atomic mass is 31.2. The number of ether oxygens (including phenoxy) is 1. The van der Waals surface area contributed by atoms with Crippen molar-refractivity contribution >= 4 is 24.9 Å². The van der Waals surface area contributed by atoms with Gasteiger partial charge in [0.15, 0.2) is 0 Å². The summed E-state index contributed by atoms with van der Waals surface area (Å²) in [7, 11) is -1.73. The van der Waals surface area contributed by atoms with E-state index in [1.165, 1.54) is 0 Å². The first-order chi connectivity index (χ1) is 11.2. The fourth-order valence-electron chi connectivity index (χ4n) is 1.63. The SMILES string of the molecule is C=CC(OC(=O)c1cc([N+](=O)[O-])cc([N+](=O)[O-])c1)P(=O)(OC)OC. The predicted molar refractivity (Wildman–Crippen MR) is 80.8 cm³/mol. The highest BCUT2D eigenvalue weighted by molar-refractivity contribution is 7.54. The molecule has 1 unspecified atom stereocenters. The lowest BCUT2D eigenvalue weighted by Crippen LogP contribution is -2.18. The van der Waals surface area contributed by atoms with E-state index in [2.05, 4.69) is 15.6 Å². The molecule has 0 aliphatic rings. The quantitative estimate of drug-likeness (QED) is 0.224. The molecule has 0 amide bonds. The van der Waals surface area contributed by atoms with Gasteiger partial charge in [-0.25, -0.2) is 4.79 Å². The summed E-state index contributed by atoms with van der Waals surface area (Å²) in [4.78, 5) is 31.9. The Labute approximate surface area is 135 Å². The Balaban J connectivity index is 3.23. The number of hydrogen-bond acceptors (Lipinski definition) is 9. The molecule has 0 N–H and O–H groups in total. The highest BCUT2D eigenvalue weighted by Gasteiger charge is 2.36. The molecule has 1 aromatic carbocycles. The lowest BCUT2D eigenvalue weighted by Gasteiger charge is -2.21. The highest BCUT2D eigenvalue weighted by Crippen LogP contribution is 2.52. The molecule has 0 aliphatic heterocycles. The van der Waals surface area contributed by atoms with Gasteiger partial charge in [0.25, 0.3) is 11.4 Å². The fourth-order valence-corrected chi connectivity index (χ4v) is 2.67. The molecule has 0 bridgehead atoms. The molecule has 11 nitrogen and oxygen atoms in total. The van der Waals surface area contributed by atoms with Gasteiger partial charge < -0.3 is 13.8 Å². The van der Waals surface area contributed by atoms with E-state index in [1.54, 1.807) is 0 Å². The zero-order valence-corrected chi connectivity index (χ0v) is 13.5. The number of nitro benzene ring substituents is 2. The third kappa shape index (κ3) is 4.22. The van der Waals surface area contributed by atoms with Crippen LogP contribution in [0.1, 0.15) is 10.4 Å². The minimum Gasteiger partial charge on any atom is -0.441 e. The first-order valence-corrected chi connectivity index (χ1v) is 7.78. The molecule has 0 heterocycles. The van der Waals surface area contributed by atoms with Crippen molar-refractivity contribution in [2.24, 2.45) is 0 Å². The minimum atomic E-state index is -3.86. The molecule has 12 heteroatoms. The topological polar surface area (TPSA) is 148 Å². The smallest absolute Gasteiger partial charge is 0.374 e. The Kier molecular flexibility index (Phi) is 6.29. The number of hydrogen-bond donors (Lipinski definition) is 0. The van der Waals surface area contributed by atoms with Crippen LogP contribution in [0, 0.1) is 20.2 Å². The van der Waals surface area contributed by atoms with Gasteiger partial charge in [-0.1, -0.05) is 6.58 Å². The van der Waals surface area contributed by atoms with Gasteiger partial charge in [-0.2, -0.15) is 0 Å². The van der Waals surface area contributed by atoms with Crippen LogP contribution in [-0.2, 0) is 18.3 Å². The molecule has 1 atom stereocenters. The van der Waals surface area contributed by atoms with E-state index in [9.17, 15) is 29.6 Å². The second-order valence-electron chi connectivity index (χ2n) is 4.19. The predicted octanol–water partition coefficient (Wildman–Crippen LogP) is 2.66. The minimum absolute atomic E-state index is 0.471. The summed E-state index contributed by atoms with van der Waals surface area (Å²) in [6.07, 6.45) is 0.984. The van der Waals surface area contributed by atoms with E-state index in [-0.39, 0.29) is 0 Å². The molecule has 0 aromatic heterocycles.